The highest BCUT2D eigenvalue weighted by Crippen LogP contribution is 2.45. The smallest absolute Gasteiger partial charge is 0.228 e. The highest BCUT2D eigenvalue weighted by Gasteiger charge is 2.28. The highest BCUT2D eigenvalue weighted by molar-refractivity contribution is 6.23. The van der Waals surface area contributed by atoms with Gasteiger partial charge in [-0.05, 0) is 175 Å². The summed E-state index contributed by atoms with van der Waals surface area (Å²) in [6.07, 6.45) is 11.3. The third kappa shape index (κ3) is 12.9. The summed E-state index contributed by atoms with van der Waals surface area (Å²) in [5.41, 5.74) is 22.7. The maximum atomic E-state index is 8.40. The number of rotatable bonds is 7. The Morgan fingerprint density at radius 1 is 0.320 bits per heavy atom. The first kappa shape index (κ1) is 65.2. The van der Waals surface area contributed by atoms with E-state index in [4.69, 9.17) is 31.4 Å². The molecule has 590 valence electrons. The van der Waals surface area contributed by atoms with E-state index in [2.05, 4.69) is 191 Å². The lowest BCUT2D eigenvalue weighted by molar-refractivity contribution is -0.660. The fourth-order valence-electron chi connectivity index (χ4n) is 18.1. The van der Waals surface area contributed by atoms with Crippen LogP contribution in [0.5, 0.6) is 0 Å². The Labute approximate surface area is 721 Å². The van der Waals surface area contributed by atoms with E-state index in [0.717, 1.165) is 149 Å². The van der Waals surface area contributed by atoms with Gasteiger partial charge in [0.05, 0.1) is 43.8 Å². The Morgan fingerprint density at radius 3 is 1.23 bits per heavy atom. The number of benzene rings is 12. The zero-order valence-corrected chi connectivity index (χ0v) is 69.2. The van der Waals surface area contributed by atoms with Crippen molar-refractivity contribution >= 4 is 142 Å². The summed E-state index contributed by atoms with van der Waals surface area (Å²) in [4.78, 5) is 13.6. The second-order valence-electron chi connectivity index (χ2n) is 32.0. The summed E-state index contributed by atoms with van der Waals surface area (Å²) < 4.78 is 114. The molecular formula is C111H91N7O4+4. The summed E-state index contributed by atoms with van der Waals surface area (Å²) in [5, 5.41) is 19.0. The minimum atomic E-state index is -2.39. The number of fused-ring (bicyclic) bond motifs is 21. The molecule has 0 saturated carbocycles. The average molecular weight is 1600 g/mol. The predicted molar refractivity (Wildman–Crippen MR) is 500 cm³/mol. The first-order valence-electron chi connectivity index (χ1n) is 45.9. The van der Waals surface area contributed by atoms with E-state index in [1.165, 1.54) is 49.1 Å². The van der Waals surface area contributed by atoms with Crippen LogP contribution in [0.25, 0.3) is 209 Å². The standard InChI is InChI=1S/C30H25N2O.C29H23N2O.C27H20NO.C25H23N2O/c1-18-17-32(4)27(16-26(18)21-10-6-5-7-11-21)22-14-15-25-28-24-13-9-8-12-23(24)20(3)31-30(28)33-29(25)19(22)2;1-18-17-31(3)26(15-25(18)20-9-5-4-6-10-20)22-13-14-24-27-23-12-8-7-11-21(23)16-30-29(27)32-28(24)19(22)2;1-17-20(26-22-10-6-4-8-19(22)15-16-28(26)2)12-13-23-25-21-9-5-3-7-18(21)11-14-24(25)29-27(17)23;1-15(2)17-11-12-27(4)22(13-17)19-9-10-21-23-20-8-6-5-7-18(20)14-26-25(23)28-24(21)16(19)3/h5-17H,1-4H3;4-17H,1-3H3;3-16H,1-2H3;5-15H,1-4H3/q4*+1/i1D3,3D3;1D3;;15D. The Balaban J connectivity index is 0.000000110. The molecule has 23 aromatic rings. The number of pyridine rings is 7. The molecule has 0 amide bonds. The van der Waals surface area contributed by atoms with Crippen LogP contribution in [0.4, 0.5) is 0 Å². The molecule has 11 heteroatoms. The van der Waals surface area contributed by atoms with Crippen molar-refractivity contribution in [1.82, 2.24) is 15.0 Å². The van der Waals surface area contributed by atoms with Gasteiger partial charge in [-0.1, -0.05) is 196 Å². The zero-order chi connectivity index (χ0) is 91.9. The predicted octanol–water partition coefficient (Wildman–Crippen LogP) is 26.9. The summed E-state index contributed by atoms with van der Waals surface area (Å²) in [5.74, 6) is -0.650. The first-order valence-corrected chi connectivity index (χ1v) is 40.9. The van der Waals surface area contributed by atoms with Gasteiger partial charge in [0.25, 0.3) is 0 Å². The van der Waals surface area contributed by atoms with Gasteiger partial charge in [-0.2, -0.15) is 0 Å². The van der Waals surface area contributed by atoms with Gasteiger partial charge >= 0.3 is 0 Å². The zero-order valence-electron chi connectivity index (χ0n) is 79.2. The molecule has 0 aliphatic heterocycles. The van der Waals surface area contributed by atoms with E-state index >= 15 is 0 Å². The molecule has 11 aromatic heterocycles. The maximum absolute atomic E-state index is 8.40. The van der Waals surface area contributed by atoms with Crippen molar-refractivity contribution in [2.75, 3.05) is 0 Å². The van der Waals surface area contributed by atoms with Crippen molar-refractivity contribution in [1.29, 1.82) is 0 Å². The van der Waals surface area contributed by atoms with Gasteiger partial charge in [0.15, 0.2) is 24.8 Å². The average Bonchev–Trinajstić information content (AvgIpc) is 1.57. The van der Waals surface area contributed by atoms with Gasteiger partial charge in [-0.25, -0.2) is 33.2 Å². The number of hydrogen-bond acceptors (Lipinski definition) is 7. The molecule has 0 radical (unpaired) electrons. The largest absolute Gasteiger partial charge is 0.456 e. The molecule has 0 spiro atoms. The first-order chi connectivity index (χ1) is 63.3. The van der Waals surface area contributed by atoms with Crippen LogP contribution in [-0.2, 0) is 28.2 Å². The van der Waals surface area contributed by atoms with Crippen molar-refractivity contribution in [3.63, 3.8) is 0 Å². The van der Waals surface area contributed by atoms with Gasteiger partial charge in [0.1, 0.15) is 56.1 Å². The van der Waals surface area contributed by atoms with Gasteiger partial charge in [0.2, 0.25) is 39.9 Å². The molecule has 12 aromatic carbocycles. The van der Waals surface area contributed by atoms with Crippen molar-refractivity contribution in [3.05, 3.63) is 355 Å². The Bertz CT molecular complexity index is 8640. The van der Waals surface area contributed by atoms with E-state index in [1.807, 2.05) is 204 Å². The summed E-state index contributed by atoms with van der Waals surface area (Å²) in [6, 6.07) is 91.4. The van der Waals surface area contributed by atoms with Gasteiger partial charge in [0, 0.05) is 139 Å². The van der Waals surface area contributed by atoms with E-state index in [1.54, 1.807) is 18.5 Å². The third-order valence-corrected chi connectivity index (χ3v) is 24.4. The van der Waals surface area contributed by atoms with Crippen LogP contribution < -0.4 is 18.3 Å². The van der Waals surface area contributed by atoms with Crippen molar-refractivity contribution in [3.8, 4) is 67.3 Å². The quantitative estimate of drug-likeness (QED) is 0.146. The van der Waals surface area contributed by atoms with Crippen molar-refractivity contribution in [2.45, 2.75) is 68.0 Å². The molecule has 0 saturated heterocycles. The van der Waals surface area contributed by atoms with Crippen LogP contribution in [0.2, 0.25) is 0 Å². The lowest BCUT2D eigenvalue weighted by Crippen LogP contribution is -2.31. The van der Waals surface area contributed by atoms with Gasteiger partial charge in [-0.3, -0.25) is 0 Å². The molecule has 11 nitrogen and oxygen atoms in total. The molecule has 0 N–H and O–H groups in total. The molecule has 11 heterocycles. The second kappa shape index (κ2) is 30.5. The molecule has 122 heavy (non-hydrogen) atoms. The van der Waals surface area contributed by atoms with Crippen LogP contribution in [0, 0.1) is 48.3 Å². The lowest BCUT2D eigenvalue weighted by atomic mass is 9.96. The number of furan rings is 4. The molecule has 0 bridgehead atoms. The van der Waals surface area contributed by atoms with Crippen molar-refractivity contribution in [2.24, 2.45) is 28.2 Å². The fraction of sp³-hybridized carbons (Fsp3) is 0.126. The van der Waals surface area contributed by atoms with Crippen LogP contribution in [0.3, 0.4) is 0 Å². The fourth-order valence-corrected chi connectivity index (χ4v) is 18.1. The topological polar surface area (TPSA) is 107 Å². The minimum absolute atomic E-state index is 0.0155. The lowest BCUT2D eigenvalue weighted by Gasteiger charge is -2.10. The number of aryl methyl sites for hydroxylation is 11. The minimum Gasteiger partial charge on any atom is -0.456 e. The normalized spacial score (nSPS) is 13.3. The molecule has 0 atom stereocenters. The monoisotopic (exact) mass is 1600 g/mol. The van der Waals surface area contributed by atoms with Crippen LogP contribution >= 0.6 is 0 Å². The summed E-state index contributed by atoms with van der Waals surface area (Å²) in [7, 11) is 7.86. The number of nitrogens with zero attached hydrogens (tertiary/aromatic N) is 7. The summed E-state index contributed by atoms with van der Waals surface area (Å²) >= 11 is 0. The second-order valence-corrected chi connectivity index (χ2v) is 32.0. The SMILES string of the molecule is Cc1c(-c2c3ccccc3cc[n+]2C)ccc2c1oc1ccc3ccccc3c12.[2H]C(C)(C)c1cc[n+](C)c(-c2ccc3c(oc4ncc5ccccc5c43)c2C)c1.[2H]C([2H])([2H])c1c[n+](C)c(-c2ccc3c(oc4nc(C([2H])([2H])[2H])c5ccccc5c43)c2C)cc1-c1ccccc1.[2H]C([2H])([2H])c1c[n+](C)c(-c2ccc3c(oc4ncc5ccccc5c43)c2C)cc1-c1ccccc1. The Kier molecular flexibility index (Phi) is 16.3. The highest BCUT2D eigenvalue weighted by atomic mass is 16.3. The molecule has 0 unspecified atom stereocenters. The third-order valence-electron chi connectivity index (χ3n) is 24.4. The molecule has 0 aliphatic rings. The number of hydrogen-bond donors (Lipinski definition) is 0. The summed E-state index contributed by atoms with van der Waals surface area (Å²) in [6.45, 7) is 5.19. The maximum Gasteiger partial charge on any atom is 0.228 e. The Hall–Kier alpha value is -14.8. The van der Waals surface area contributed by atoms with E-state index < -0.39 is 26.4 Å². The molecule has 23 rings (SSSR count). The number of aromatic nitrogens is 7. The van der Waals surface area contributed by atoms with Gasteiger partial charge in [-0.15, -0.1) is 0 Å². The molecular weight excluding hydrogens is 1500 g/mol. The molecule has 0 fully saturated rings. The molecule has 0 aliphatic carbocycles. The van der Waals surface area contributed by atoms with Crippen LogP contribution in [0.15, 0.2) is 328 Å². The van der Waals surface area contributed by atoms with Crippen LogP contribution in [-0.4, -0.2) is 15.0 Å². The van der Waals surface area contributed by atoms with Crippen LogP contribution in [0.1, 0.15) is 78.1 Å². The van der Waals surface area contributed by atoms with E-state index in [-0.39, 0.29) is 17.0 Å². The Morgan fingerprint density at radius 2 is 0.721 bits per heavy atom. The van der Waals surface area contributed by atoms with E-state index in [9.17, 15) is 0 Å². The van der Waals surface area contributed by atoms with Crippen molar-refractivity contribution < 1.29 is 49.6 Å². The van der Waals surface area contributed by atoms with Gasteiger partial charge < -0.3 is 17.7 Å². The van der Waals surface area contributed by atoms with E-state index in [0.29, 0.717) is 39.1 Å².